The van der Waals surface area contributed by atoms with Crippen molar-refractivity contribution < 1.29 is 9.59 Å². The van der Waals surface area contributed by atoms with Crippen LogP contribution in [0.1, 0.15) is 24.3 Å². The molecule has 132 valence electrons. The molecule has 0 spiro atoms. The van der Waals surface area contributed by atoms with Crippen LogP contribution >= 0.6 is 35.3 Å². The first-order valence-electron chi connectivity index (χ1n) is 8.10. The predicted octanol–water partition coefficient (Wildman–Crippen LogP) is 3.29. The fourth-order valence-electron chi connectivity index (χ4n) is 2.61. The highest BCUT2D eigenvalue weighted by molar-refractivity contribution is 8.23. The van der Waals surface area contributed by atoms with Gasteiger partial charge in [0.25, 0.3) is 0 Å². The quantitative estimate of drug-likeness (QED) is 0.534. The maximum Gasteiger partial charge on any atom is 0.238 e. The number of nitrogens with zero attached hydrogens (tertiary/aromatic N) is 3. The minimum atomic E-state index is 0.0780. The molecule has 8 heteroatoms. The van der Waals surface area contributed by atoms with Gasteiger partial charge in [0.15, 0.2) is 0 Å². The third-order valence-electron chi connectivity index (χ3n) is 4.00. The number of hydrogen-bond acceptors (Lipinski definition) is 6. The van der Waals surface area contributed by atoms with Crippen LogP contribution < -0.4 is 0 Å². The van der Waals surface area contributed by atoms with E-state index in [0.29, 0.717) is 29.6 Å². The van der Waals surface area contributed by atoms with Gasteiger partial charge >= 0.3 is 0 Å². The first kappa shape index (κ1) is 18.3. The molecular formula is C17H19N3O2S3. The van der Waals surface area contributed by atoms with Crippen molar-refractivity contribution in [3.05, 3.63) is 29.3 Å². The highest BCUT2D eigenvalue weighted by Gasteiger charge is 2.25. The maximum atomic E-state index is 12.3. The van der Waals surface area contributed by atoms with Crippen LogP contribution in [-0.4, -0.2) is 50.3 Å². The number of thiocarbonyl (C=S) groups is 1. The molecule has 0 bridgehead atoms. The van der Waals surface area contributed by atoms with Crippen LogP contribution in [0.25, 0.3) is 10.2 Å². The molecule has 1 fully saturated rings. The van der Waals surface area contributed by atoms with E-state index in [-0.39, 0.29) is 11.8 Å². The summed E-state index contributed by atoms with van der Waals surface area (Å²) in [7, 11) is 1.81. The topological polar surface area (TPSA) is 53.5 Å². The molecule has 0 atom stereocenters. The van der Waals surface area contributed by atoms with E-state index in [4.69, 9.17) is 12.2 Å². The van der Waals surface area contributed by atoms with Gasteiger partial charge in [-0.3, -0.25) is 14.5 Å². The van der Waals surface area contributed by atoms with Gasteiger partial charge in [0.1, 0.15) is 9.33 Å². The zero-order valence-electron chi connectivity index (χ0n) is 13.9. The van der Waals surface area contributed by atoms with Crippen LogP contribution in [0.2, 0.25) is 0 Å². The molecule has 2 amide bonds. The van der Waals surface area contributed by atoms with Crippen molar-refractivity contribution in [1.82, 2.24) is 14.8 Å². The van der Waals surface area contributed by atoms with Crippen molar-refractivity contribution >= 4 is 61.7 Å². The number of rotatable bonds is 7. The molecule has 3 rings (SSSR count). The lowest BCUT2D eigenvalue weighted by Crippen LogP contribution is -2.30. The monoisotopic (exact) mass is 393 g/mol. The van der Waals surface area contributed by atoms with Crippen molar-refractivity contribution in [3.8, 4) is 0 Å². The minimum Gasteiger partial charge on any atom is -0.339 e. The standard InChI is InChI=1S/C17H19N3O2S3/c1-19(10-14-18-12-6-2-3-7-13(12)25-14)15(21)8-4-5-9-20-16(22)11-24-17(20)23/h2-3,6-7H,4-5,8-11H2,1H3. The second-order valence-corrected chi connectivity index (χ2v) is 8.61. The van der Waals surface area contributed by atoms with Crippen molar-refractivity contribution in [2.24, 2.45) is 0 Å². The molecule has 2 heterocycles. The summed E-state index contributed by atoms with van der Waals surface area (Å²) < 4.78 is 1.80. The molecule has 1 aromatic carbocycles. The summed E-state index contributed by atoms with van der Waals surface area (Å²) in [5, 5.41) is 0.946. The summed E-state index contributed by atoms with van der Waals surface area (Å²) in [6.45, 7) is 1.14. The average Bonchev–Trinajstić information content (AvgIpc) is 3.14. The van der Waals surface area contributed by atoms with Gasteiger partial charge in [0.05, 0.1) is 22.5 Å². The number of thioether (sulfide) groups is 1. The lowest BCUT2D eigenvalue weighted by atomic mass is 10.2. The van der Waals surface area contributed by atoms with Crippen LogP contribution in [0.5, 0.6) is 0 Å². The number of hydrogen-bond donors (Lipinski definition) is 0. The molecule has 1 aromatic heterocycles. The Morgan fingerprint density at radius 3 is 2.88 bits per heavy atom. The van der Waals surface area contributed by atoms with Crippen molar-refractivity contribution in [1.29, 1.82) is 0 Å². The first-order valence-corrected chi connectivity index (χ1v) is 10.3. The zero-order chi connectivity index (χ0) is 17.8. The summed E-state index contributed by atoms with van der Waals surface area (Å²) in [4.78, 5) is 31.8. The third-order valence-corrected chi connectivity index (χ3v) is 6.45. The lowest BCUT2D eigenvalue weighted by molar-refractivity contribution is -0.130. The van der Waals surface area contributed by atoms with Crippen LogP contribution in [0.15, 0.2) is 24.3 Å². The Morgan fingerprint density at radius 2 is 2.16 bits per heavy atom. The average molecular weight is 394 g/mol. The number of aromatic nitrogens is 1. The van der Waals surface area contributed by atoms with E-state index in [2.05, 4.69) is 4.98 Å². The van der Waals surface area contributed by atoms with Gasteiger partial charge in [-0.15, -0.1) is 11.3 Å². The summed E-state index contributed by atoms with van der Waals surface area (Å²) >= 11 is 8.18. The molecule has 1 aliphatic heterocycles. The van der Waals surface area contributed by atoms with Gasteiger partial charge < -0.3 is 4.90 Å². The van der Waals surface area contributed by atoms with Gasteiger partial charge in [-0.05, 0) is 25.0 Å². The highest BCUT2D eigenvalue weighted by atomic mass is 32.2. The zero-order valence-corrected chi connectivity index (χ0v) is 16.4. The SMILES string of the molecule is CN(Cc1nc2ccccc2s1)C(=O)CCCCN1C(=O)CSC1=S. The van der Waals surface area contributed by atoms with E-state index in [1.807, 2.05) is 31.3 Å². The molecule has 25 heavy (non-hydrogen) atoms. The number of thiazole rings is 1. The molecule has 0 N–H and O–H groups in total. The van der Waals surface area contributed by atoms with Gasteiger partial charge in [0, 0.05) is 20.0 Å². The molecule has 0 saturated carbocycles. The number of para-hydroxylation sites is 1. The third kappa shape index (κ3) is 4.56. The van der Waals surface area contributed by atoms with E-state index in [0.717, 1.165) is 28.1 Å². The smallest absolute Gasteiger partial charge is 0.238 e. The lowest BCUT2D eigenvalue weighted by Gasteiger charge is -2.17. The molecule has 5 nitrogen and oxygen atoms in total. The maximum absolute atomic E-state index is 12.3. The summed E-state index contributed by atoms with van der Waals surface area (Å²) in [5.74, 6) is 0.626. The van der Waals surface area contributed by atoms with Gasteiger partial charge in [-0.1, -0.05) is 36.1 Å². The normalized spacial score (nSPS) is 14.5. The summed E-state index contributed by atoms with van der Waals surface area (Å²) in [6.07, 6.45) is 2.01. The van der Waals surface area contributed by atoms with Crippen LogP contribution in [0, 0.1) is 0 Å². The van der Waals surface area contributed by atoms with E-state index in [9.17, 15) is 9.59 Å². The fourth-order valence-corrected chi connectivity index (χ4v) is 4.76. The number of carbonyl (C=O) groups excluding carboxylic acids is 2. The van der Waals surface area contributed by atoms with Crippen molar-refractivity contribution in [2.75, 3.05) is 19.3 Å². The van der Waals surface area contributed by atoms with E-state index in [1.165, 1.54) is 11.8 Å². The molecule has 2 aromatic rings. The number of benzene rings is 1. The molecule has 0 unspecified atom stereocenters. The largest absolute Gasteiger partial charge is 0.339 e. The summed E-state index contributed by atoms with van der Waals surface area (Å²) in [5.41, 5.74) is 0.979. The number of carbonyl (C=O) groups is 2. The predicted molar refractivity (Wildman–Crippen MR) is 107 cm³/mol. The minimum absolute atomic E-state index is 0.0780. The Bertz CT molecular complexity index is 756. The number of fused-ring (bicyclic) bond motifs is 1. The van der Waals surface area contributed by atoms with Crippen LogP contribution in [0.3, 0.4) is 0 Å². The first-order chi connectivity index (χ1) is 12.0. The number of amides is 2. The fraction of sp³-hybridized carbons (Fsp3) is 0.412. The van der Waals surface area contributed by atoms with Crippen molar-refractivity contribution in [2.45, 2.75) is 25.8 Å². The van der Waals surface area contributed by atoms with E-state index >= 15 is 0 Å². The Morgan fingerprint density at radius 1 is 1.36 bits per heavy atom. The highest BCUT2D eigenvalue weighted by Crippen LogP contribution is 2.23. The Hall–Kier alpha value is -1.51. The van der Waals surface area contributed by atoms with Gasteiger partial charge in [0.2, 0.25) is 11.8 Å². The van der Waals surface area contributed by atoms with E-state index < -0.39 is 0 Å². The van der Waals surface area contributed by atoms with Crippen molar-refractivity contribution in [3.63, 3.8) is 0 Å². The second kappa shape index (κ2) is 8.25. The Kier molecular flexibility index (Phi) is 6.03. The van der Waals surface area contributed by atoms with E-state index in [1.54, 1.807) is 21.1 Å². The van der Waals surface area contributed by atoms with Gasteiger partial charge in [-0.2, -0.15) is 0 Å². The molecule has 1 aliphatic rings. The summed E-state index contributed by atoms with van der Waals surface area (Å²) in [6, 6.07) is 7.99. The molecule has 1 saturated heterocycles. The van der Waals surface area contributed by atoms with Gasteiger partial charge in [-0.25, -0.2) is 4.98 Å². The molecule has 0 aliphatic carbocycles. The second-order valence-electron chi connectivity index (χ2n) is 5.88. The van der Waals surface area contributed by atoms with Crippen LogP contribution in [0.4, 0.5) is 0 Å². The molecule has 0 radical (unpaired) electrons. The molecular weight excluding hydrogens is 374 g/mol. The number of unbranched alkanes of at least 4 members (excludes halogenated alkanes) is 1. The van der Waals surface area contributed by atoms with Crippen LogP contribution in [-0.2, 0) is 16.1 Å². The Balaban J connectivity index is 1.43. The Labute approximate surface area is 160 Å².